The minimum atomic E-state index is 0.629. The Hall–Kier alpha value is -2.55. The number of aromatic amines is 1. The first kappa shape index (κ1) is 16.6. The third-order valence-corrected chi connectivity index (χ3v) is 5.56. The standard InChI is InChI=1S/C23H16Cl2N2/c24-16-9-10-17(20(25)13-16)18-11-14-5-1-2-6-15(14)12-19(18)23-26-21-7-3-4-8-22(21)27-23/h1-3,5-7,9-13H,4,8H2,(H,26,27). The summed E-state index contributed by atoms with van der Waals surface area (Å²) < 4.78 is 0. The Bertz CT molecular complexity index is 1200. The molecule has 1 N–H and O–H groups in total. The summed E-state index contributed by atoms with van der Waals surface area (Å²) in [5, 5.41) is 3.60. The molecule has 1 aromatic heterocycles. The number of hydrogen-bond acceptors (Lipinski definition) is 1. The fraction of sp³-hybridized carbons (Fsp3) is 0.0870. The van der Waals surface area contributed by atoms with Gasteiger partial charge in [-0.2, -0.15) is 0 Å². The van der Waals surface area contributed by atoms with E-state index in [0.717, 1.165) is 41.1 Å². The SMILES string of the molecule is Clc1ccc(-c2cc3ccccc3cc2-c2nc3c([nH]2)CCC=C3)c(Cl)c1. The van der Waals surface area contributed by atoms with Crippen molar-refractivity contribution in [2.24, 2.45) is 0 Å². The minimum Gasteiger partial charge on any atom is -0.341 e. The van der Waals surface area contributed by atoms with Crippen LogP contribution >= 0.6 is 23.2 Å². The van der Waals surface area contributed by atoms with Crippen LogP contribution in [0.2, 0.25) is 10.0 Å². The summed E-state index contributed by atoms with van der Waals surface area (Å²) in [4.78, 5) is 8.37. The van der Waals surface area contributed by atoms with Crippen molar-refractivity contribution in [3.63, 3.8) is 0 Å². The highest BCUT2D eigenvalue weighted by atomic mass is 35.5. The molecular weight excluding hydrogens is 375 g/mol. The van der Waals surface area contributed by atoms with E-state index in [4.69, 9.17) is 28.2 Å². The van der Waals surface area contributed by atoms with E-state index >= 15 is 0 Å². The van der Waals surface area contributed by atoms with Gasteiger partial charge in [0.2, 0.25) is 0 Å². The minimum absolute atomic E-state index is 0.629. The fourth-order valence-electron chi connectivity index (χ4n) is 3.67. The smallest absolute Gasteiger partial charge is 0.138 e. The van der Waals surface area contributed by atoms with Crippen LogP contribution in [0, 0.1) is 0 Å². The summed E-state index contributed by atoms with van der Waals surface area (Å²) in [5.74, 6) is 0.873. The highest BCUT2D eigenvalue weighted by molar-refractivity contribution is 6.36. The van der Waals surface area contributed by atoms with Crippen LogP contribution in [0.15, 0.2) is 60.7 Å². The van der Waals surface area contributed by atoms with E-state index in [0.29, 0.717) is 10.0 Å². The molecule has 0 radical (unpaired) electrons. The number of halogens is 2. The number of rotatable bonds is 2. The first-order valence-electron chi connectivity index (χ1n) is 8.93. The van der Waals surface area contributed by atoms with Gasteiger partial charge < -0.3 is 4.98 Å². The molecule has 4 aromatic rings. The Morgan fingerprint density at radius 3 is 2.37 bits per heavy atom. The maximum Gasteiger partial charge on any atom is 0.138 e. The molecule has 1 aliphatic carbocycles. The van der Waals surface area contributed by atoms with Crippen molar-refractivity contribution < 1.29 is 0 Å². The van der Waals surface area contributed by atoms with E-state index in [1.165, 1.54) is 16.5 Å². The molecule has 4 heteroatoms. The molecular formula is C23H16Cl2N2. The molecule has 3 aromatic carbocycles. The van der Waals surface area contributed by atoms with E-state index in [2.05, 4.69) is 47.5 Å². The number of benzene rings is 3. The van der Waals surface area contributed by atoms with Crippen molar-refractivity contribution in [2.75, 3.05) is 0 Å². The Morgan fingerprint density at radius 2 is 1.63 bits per heavy atom. The summed E-state index contributed by atoms with van der Waals surface area (Å²) in [6.45, 7) is 0. The number of allylic oxidation sites excluding steroid dienone is 1. The predicted molar refractivity (Wildman–Crippen MR) is 114 cm³/mol. The first-order valence-corrected chi connectivity index (χ1v) is 9.69. The molecule has 0 spiro atoms. The van der Waals surface area contributed by atoms with Gasteiger partial charge in [-0.25, -0.2) is 4.98 Å². The van der Waals surface area contributed by atoms with Crippen molar-refractivity contribution in [2.45, 2.75) is 12.8 Å². The molecule has 1 heterocycles. The van der Waals surface area contributed by atoms with Crippen LogP contribution in [-0.4, -0.2) is 9.97 Å². The number of nitrogens with zero attached hydrogens (tertiary/aromatic N) is 1. The Kier molecular flexibility index (Phi) is 4.04. The topological polar surface area (TPSA) is 28.7 Å². The third kappa shape index (κ3) is 2.95. The highest BCUT2D eigenvalue weighted by Crippen LogP contribution is 2.39. The molecule has 0 amide bonds. The van der Waals surface area contributed by atoms with Crippen LogP contribution in [0.1, 0.15) is 17.8 Å². The number of nitrogens with one attached hydrogen (secondary N) is 1. The number of H-pyrrole nitrogens is 1. The molecule has 1 aliphatic rings. The summed E-state index contributed by atoms with van der Waals surface area (Å²) in [5.41, 5.74) is 5.25. The van der Waals surface area contributed by atoms with E-state index in [1.807, 2.05) is 18.2 Å². The maximum atomic E-state index is 6.55. The zero-order valence-electron chi connectivity index (χ0n) is 14.5. The number of imidazole rings is 1. The number of aryl methyl sites for hydroxylation is 1. The second-order valence-electron chi connectivity index (χ2n) is 6.76. The van der Waals surface area contributed by atoms with E-state index < -0.39 is 0 Å². The number of fused-ring (bicyclic) bond motifs is 2. The van der Waals surface area contributed by atoms with Crippen molar-refractivity contribution in [3.8, 4) is 22.5 Å². The van der Waals surface area contributed by atoms with Crippen LogP contribution < -0.4 is 0 Å². The quantitative estimate of drug-likeness (QED) is 0.386. The third-order valence-electron chi connectivity index (χ3n) is 5.01. The van der Waals surface area contributed by atoms with Gasteiger partial charge in [0, 0.05) is 26.9 Å². The van der Waals surface area contributed by atoms with Gasteiger partial charge in [-0.15, -0.1) is 0 Å². The Balaban J connectivity index is 1.79. The Labute approximate surface area is 167 Å². The van der Waals surface area contributed by atoms with Gasteiger partial charge in [0.25, 0.3) is 0 Å². The van der Waals surface area contributed by atoms with Crippen LogP contribution in [0.3, 0.4) is 0 Å². The molecule has 0 aliphatic heterocycles. The lowest BCUT2D eigenvalue weighted by atomic mass is 9.95. The molecule has 27 heavy (non-hydrogen) atoms. The fourth-order valence-corrected chi connectivity index (χ4v) is 4.18. The normalized spacial score (nSPS) is 13.1. The second kappa shape index (κ2) is 6.56. The lowest BCUT2D eigenvalue weighted by Gasteiger charge is -2.12. The van der Waals surface area contributed by atoms with E-state index in [1.54, 1.807) is 6.07 Å². The van der Waals surface area contributed by atoms with Gasteiger partial charge in [0.1, 0.15) is 5.82 Å². The number of hydrogen-bond donors (Lipinski definition) is 1. The molecule has 2 nitrogen and oxygen atoms in total. The van der Waals surface area contributed by atoms with Crippen molar-refractivity contribution in [1.29, 1.82) is 0 Å². The van der Waals surface area contributed by atoms with Crippen LogP contribution in [-0.2, 0) is 6.42 Å². The zero-order chi connectivity index (χ0) is 18.4. The van der Waals surface area contributed by atoms with Crippen LogP contribution in [0.25, 0.3) is 39.4 Å². The van der Waals surface area contributed by atoms with Crippen LogP contribution in [0.5, 0.6) is 0 Å². The van der Waals surface area contributed by atoms with Gasteiger partial charge in [-0.3, -0.25) is 0 Å². The lowest BCUT2D eigenvalue weighted by molar-refractivity contribution is 0.944. The van der Waals surface area contributed by atoms with Gasteiger partial charge in [0.05, 0.1) is 5.69 Å². The van der Waals surface area contributed by atoms with Gasteiger partial charge in [0.15, 0.2) is 0 Å². The summed E-state index contributed by atoms with van der Waals surface area (Å²) in [6.07, 6.45) is 6.30. The molecule has 0 bridgehead atoms. The van der Waals surface area contributed by atoms with E-state index in [-0.39, 0.29) is 0 Å². The number of aromatic nitrogens is 2. The summed E-state index contributed by atoms with van der Waals surface area (Å²) in [6, 6.07) is 18.3. The zero-order valence-corrected chi connectivity index (χ0v) is 16.0. The molecule has 0 atom stereocenters. The second-order valence-corrected chi connectivity index (χ2v) is 7.60. The monoisotopic (exact) mass is 390 g/mol. The summed E-state index contributed by atoms with van der Waals surface area (Å²) >= 11 is 12.7. The highest BCUT2D eigenvalue weighted by Gasteiger charge is 2.17. The average Bonchev–Trinajstić information content (AvgIpc) is 3.11. The van der Waals surface area contributed by atoms with Gasteiger partial charge in [-0.1, -0.05) is 59.6 Å². The van der Waals surface area contributed by atoms with Crippen LogP contribution in [0.4, 0.5) is 0 Å². The molecule has 0 unspecified atom stereocenters. The lowest BCUT2D eigenvalue weighted by Crippen LogP contribution is -1.91. The first-order chi connectivity index (χ1) is 13.2. The van der Waals surface area contributed by atoms with Crippen molar-refractivity contribution in [3.05, 3.63) is 82.1 Å². The molecule has 0 fully saturated rings. The molecule has 0 saturated carbocycles. The largest absolute Gasteiger partial charge is 0.341 e. The Morgan fingerprint density at radius 1 is 0.852 bits per heavy atom. The predicted octanol–water partition coefficient (Wildman–Crippen LogP) is 7.16. The van der Waals surface area contributed by atoms with Crippen molar-refractivity contribution >= 4 is 40.1 Å². The average molecular weight is 391 g/mol. The van der Waals surface area contributed by atoms with Crippen molar-refractivity contribution in [1.82, 2.24) is 9.97 Å². The molecule has 5 rings (SSSR count). The molecule has 132 valence electrons. The van der Waals surface area contributed by atoms with Gasteiger partial charge >= 0.3 is 0 Å². The maximum absolute atomic E-state index is 6.55. The van der Waals surface area contributed by atoms with E-state index in [9.17, 15) is 0 Å². The summed E-state index contributed by atoms with van der Waals surface area (Å²) in [7, 11) is 0. The van der Waals surface area contributed by atoms with Gasteiger partial charge in [-0.05, 0) is 59.5 Å². The molecule has 0 saturated heterocycles.